The van der Waals surface area contributed by atoms with Crippen LogP contribution in [0.25, 0.3) is 0 Å². The van der Waals surface area contributed by atoms with Crippen molar-refractivity contribution >= 4 is 11.9 Å². The number of carbonyl (C=O) groups is 1. The molecule has 0 unspecified atom stereocenters. The van der Waals surface area contributed by atoms with E-state index in [1.165, 1.54) is 0 Å². The fourth-order valence-corrected chi connectivity index (χ4v) is 3.71. The van der Waals surface area contributed by atoms with Crippen molar-refractivity contribution in [3.05, 3.63) is 24.4 Å². The van der Waals surface area contributed by atoms with Crippen molar-refractivity contribution in [2.45, 2.75) is 64.3 Å². The number of carbonyl (C=O) groups excluding carboxylic acids is 1. The van der Waals surface area contributed by atoms with E-state index in [-0.39, 0.29) is 17.8 Å². The second-order valence-corrected chi connectivity index (χ2v) is 8.37. The topological polar surface area (TPSA) is 54.9 Å². The standard InChI is InChI=1S/C20H31N3O3/c1-5-16-14-23(17-8-6-7-11-21-17)15-20(25-16)9-12-22(13-10-20)18(24)26-19(2,3)4/h6-8,11,16H,5,9-10,12-15H2,1-4H3/t16-/m0/s1. The maximum atomic E-state index is 12.3. The van der Waals surface area contributed by atoms with Gasteiger partial charge in [-0.15, -0.1) is 0 Å². The lowest BCUT2D eigenvalue weighted by Crippen LogP contribution is -2.60. The van der Waals surface area contributed by atoms with Crippen molar-refractivity contribution in [3.63, 3.8) is 0 Å². The third-order valence-electron chi connectivity index (χ3n) is 5.07. The fraction of sp³-hybridized carbons (Fsp3) is 0.700. The highest BCUT2D eigenvalue weighted by Gasteiger charge is 2.44. The van der Waals surface area contributed by atoms with E-state index in [4.69, 9.17) is 9.47 Å². The molecule has 2 fully saturated rings. The lowest BCUT2D eigenvalue weighted by Gasteiger charge is -2.50. The molecule has 2 aliphatic heterocycles. The van der Waals surface area contributed by atoms with Gasteiger partial charge in [-0.25, -0.2) is 9.78 Å². The Balaban J connectivity index is 1.67. The zero-order valence-corrected chi connectivity index (χ0v) is 16.4. The van der Waals surface area contributed by atoms with Crippen LogP contribution in [0.5, 0.6) is 0 Å². The Morgan fingerprint density at radius 2 is 2.08 bits per heavy atom. The number of rotatable bonds is 2. The molecule has 26 heavy (non-hydrogen) atoms. The second-order valence-electron chi connectivity index (χ2n) is 8.37. The Kier molecular flexibility index (Phi) is 5.42. The molecule has 3 heterocycles. The van der Waals surface area contributed by atoms with Crippen LogP contribution in [0.4, 0.5) is 10.6 Å². The molecule has 3 rings (SSSR count). The fourth-order valence-electron chi connectivity index (χ4n) is 3.71. The van der Waals surface area contributed by atoms with Gasteiger partial charge in [-0.05, 0) is 52.2 Å². The highest BCUT2D eigenvalue weighted by Crippen LogP contribution is 2.35. The van der Waals surface area contributed by atoms with Crippen LogP contribution >= 0.6 is 0 Å². The molecule has 1 amide bonds. The molecule has 0 N–H and O–H groups in total. The summed E-state index contributed by atoms with van der Waals surface area (Å²) in [5.74, 6) is 1.00. The van der Waals surface area contributed by atoms with E-state index >= 15 is 0 Å². The maximum Gasteiger partial charge on any atom is 0.410 e. The summed E-state index contributed by atoms with van der Waals surface area (Å²) in [6.07, 6.45) is 4.43. The molecular weight excluding hydrogens is 330 g/mol. The summed E-state index contributed by atoms with van der Waals surface area (Å²) < 4.78 is 12.0. The van der Waals surface area contributed by atoms with E-state index in [9.17, 15) is 4.79 Å². The van der Waals surface area contributed by atoms with Gasteiger partial charge in [0.05, 0.1) is 11.7 Å². The molecule has 6 nitrogen and oxygen atoms in total. The van der Waals surface area contributed by atoms with Gasteiger partial charge in [-0.2, -0.15) is 0 Å². The predicted molar refractivity (Wildman–Crippen MR) is 101 cm³/mol. The molecule has 0 radical (unpaired) electrons. The number of piperidine rings is 1. The molecule has 6 heteroatoms. The first-order valence-corrected chi connectivity index (χ1v) is 9.62. The third-order valence-corrected chi connectivity index (χ3v) is 5.07. The monoisotopic (exact) mass is 361 g/mol. The maximum absolute atomic E-state index is 12.3. The number of anilines is 1. The Morgan fingerprint density at radius 1 is 1.35 bits per heavy atom. The molecule has 0 aromatic carbocycles. The minimum Gasteiger partial charge on any atom is -0.444 e. The first kappa shape index (κ1) is 19.0. The Morgan fingerprint density at radius 3 is 2.65 bits per heavy atom. The molecule has 0 aliphatic carbocycles. The molecule has 1 aromatic heterocycles. The van der Waals surface area contributed by atoms with Crippen LogP contribution in [0.3, 0.4) is 0 Å². The molecule has 2 aliphatic rings. The van der Waals surface area contributed by atoms with E-state index in [1.807, 2.05) is 39.1 Å². The third kappa shape index (κ3) is 4.47. The van der Waals surface area contributed by atoms with Crippen molar-refractivity contribution in [2.75, 3.05) is 31.1 Å². The molecule has 144 valence electrons. The summed E-state index contributed by atoms with van der Waals surface area (Å²) in [5, 5.41) is 0. The van der Waals surface area contributed by atoms with Crippen LogP contribution in [0, 0.1) is 0 Å². The van der Waals surface area contributed by atoms with Crippen molar-refractivity contribution < 1.29 is 14.3 Å². The number of likely N-dealkylation sites (tertiary alicyclic amines) is 1. The number of amides is 1. The van der Waals surface area contributed by atoms with Crippen LogP contribution in [-0.2, 0) is 9.47 Å². The number of hydrogen-bond donors (Lipinski definition) is 0. The first-order valence-electron chi connectivity index (χ1n) is 9.62. The number of morpholine rings is 1. The van der Waals surface area contributed by atoms with Gasteiger partial charge in [0.25, 0.3) is 0 Å². The zero-order chi connectivity index (χ0) is 18.8. The number of hydrogen-bond acceptors (Lipinski definition) is 5. The summed E-state index contributed by atoms with van der Waals surface area (Å²) in [5.41, 5.74) is -0.675. The zero-order valence-electron chi connectivity index (χ0n) is 16.4. The van der Waals surface area contributed by atoms with E-state index in [1.54, 1.807) is 4.90 Å². The van der Waals surface area contributed by atoms with Crippen molar-refractivity contribution in [1.82, 2.24) is 9.88 Å². The lowest BCUT2D eigenvalue weighted by atomic mass is 9.88. The summed E-state index contributed by atoms with van der Waals surface area (Å²) in [6.45, 7) is 10.9. The Hall–Kier alpha value is -1.82. The van der Waals surface area contributed by atoms with Gasteiger partial charge in [0.2, 0.25) is 0 Å². The highest BCUT2D eigenvalue weighted by atomic mass is 16.6. The number of pyridine rings is 1. The smallest absolute Gasteiger partial charge is 0.410 e. The first-order chi connectivity index (χ1) is 12.3. The van der Waals surface area contributed by atoms with E-state index in [0.717, 1.165) is 38.2 Å². The number of aromatic nitrogens is 1. The summed E-state index contributed by atoms with van der Waals surface area (Å²) in [6, 6.07) is 6.02. The van der Waals surface area contributed by atoms with E-state index in [2.05, 4.69) is 22.9 Å². The predicted octanol–water partition coefficient (Wildman–Crippen LogP) is 3.47. The minimum absolute atomic E-state index is 0.193. The summed E-state index contributed by atoms with van der Waals surface area (Å²) in [4.78, 5) is 21.0. The molecule has 1 spiro atoms. The van der Waals surface area contributed by atoms with Gasteiger partial charge >= 0.3 is 6.09 Å². The van der Waals surface area contributed by atoms with Crippen LogP contribution in [0.2, 0.25) is 0 Å². The van der Waals surface area contributed by atoms with Crippen LogP contribution in [-0.4, -0.2) is 59.5 Å². The Labute approximate surface area is 156 Å². The average Bonchev–Trinajstić information content (AvgIpc) is 2.61. The molecule has 2 saturated heterocycles. The molecule has 1 atom stereocenters. The van der Waals surface area contributed by atoms with Crippen molar-refractivity contribution in [1.29, 1.82) is 0 Å². The minimum atomic E-state index is -0.462. The number of ether oxygens (including phenoxy) is 2. The van der Waals surface area contributed by atoms with Gasteiger partial charge in [0.15, 0.2) is 0 Å². The molecule has 0 saturated carbocycles. The van der Waals surface area contributed by atoms with Gasteiger partial charge < -0.3 is 19.3 Å². The van der Waals surface area contributed by atoms with E-state index < -0.39 is 5.60 Å². The Bertz CT molecular complexity index is 606. The van der Waals surface area contributed by atoms with Crippen LogP contribution in [0.1, 0.15) is 47.0 Å². The molecule has 1 aromatic rings. The SMILES string of the molecule is CC[C@H]1CN(c2ccccn2)CC2(CCN(C(=O)OC(C)(C)C)CC2)O1. The van der Waals surface area contributed by atoms with Gasteiger partial charge in [-0.1, -0.05) is 13.0 Å². The van der Waals surface area contributed by atoms with Crippen LogP contribution < -0.4 is 4.90 Å². The van der Waals surface area contributed by atoms with Gasteiger partial charge in [0.1, 0.15) is 11.4 Å². The normalized spacial score (nSPS) is 23.2. The summed E-state index contributed by atoms with van der Waals surface area (Å²) >= 11 is 0. The highest BCUT2D eigenvalue weighted by molar-refractivity contribution is 5.68. The average molecular weight is 361 g/mol. The largest absolute Gasteiger partial charge is 0.444 e. The van der Waals surface area contributed by atoms with Gasteiger partial charge in [-0.3, -0.25) is 0 Å². The van der Waals surface area contributed by atoms with E-state index in [0.29, 0.717) is 13.1 Å². The quantitative estimate of drug-likeness (QED) is 0.807. The van der Waals surface area contributed by atoms with Gasteiger partial charge in [0, 0.05) is 32.4 Å². The second kappa shape index (κ2) is 7.43. The van der Waals surface area contributed by atoms with Crippen molar-refractivity contribution in [2.24, 2.45) is 0 Å². The summed E-state index contributed by atoms with van der Waals surface area (Å²) in [7, 11) is 0. The van der Waals surface area contributed by atoms with Crippen LogP contribution in [0.15, 0.2) is 24.4 Å². The van der Waals surface area contributed by atoms with Crippen molar-refractivity contribution in [3.8, 4) is 0 Å². The lowest BCUT2D eigenvalue weighted by molar-refractivity contribution is -0.132. The number of nitrogens with zero attached hydrogens (tertiary/aromatic N) is 3. The molecule has 0 bridgehead atoms. The molecular formula is C20H31N3O3.